The number of rotatable bonds is 6. The number of aromatic nitrogens is 2. The summed E-state index contributed by atoms with van der Waals surface area (Å²) in [5.41, 5.74) is 6.21. The highest BCUT2D eigenvalue weighted by Crippen LogP contribution is 2.31. The average molecular weight is 341 g/mol. The van der Waals surface area contributed by atoms with E-state index in [0.29, 0.717) is 11.8 Å². The minimum absolute atomic E-state index is 0.0943. The fourth-order valence-electron chi connectivity index (χ4n) is 2.67. The molecule has 1 amide bonds. The van der Waals surface area contributed by atoms with Gasteiger partial charge < -0.3 is 5.73 Å². The molecule has 1 aromatic carbocycles. The number of benzene rings is 1. The van der Waals surface area contributed by atoms with Crippen LogP contribution < -0.4 is 11.3 Å². The molecule has 0 aliphatic heterocycles. The van der Waals surface area contributed by atoms with Crippen LogP contribution in [0.3, 0.4) is 0 Å². The molecule has 6 heteroatoms. The number of carbonyl (C=O) groups is 1. The van der Waals surface area contributed by atoms with Gasteiger partial charge in [-0.3, -0.25) is 14.2 Å². The SMILES string of the molecule is CCCc1nc2sc(-c3ccccc3)cc2c(=O)n1CCC(N)=O. The van der Waals surface area contributed by atoms with Crippen LogP contribution in [0, 0.1) is 0 Å². The summed E-state index contributed by atoms with van der Waals surface area (Å²) < 4.78 is 1.60. The molecule has 2 N–H and O–H groups in total. The number of hydrogen-bond acceptors (Lipinski definition) is 4. The minimum Gasteiger partial charge on any atom is -0.370 e. The summed E-state index contributed by atoms with van der Waals surface area (Å²) >= 11 is 1.52. The highest BCUT2D eigenvalue weighted by molar-refractivity contribution is 7.21. The zero-order valence-corrected chi connectivity index (χ0v) is 14.3. The van der Waals surface area contributed by atoms with E-state index in [0.717, 1.165) is 27.5 Å². The van der Waals surface area contributed by atoms with Crippen LogP contribution >= 0.6 is 11.3 Å². The van der Waals surface area contributed by atoms with Crippen LogP contribution in [0.4, 0.5) is 0 Å². The van der Waals surface area contributed by atoms with E-state index in [1.54, 1.807) is 4.57 Å². The Morgan fingerprint density at radius 3 is 2.71 bits per heavy atom. The third-order valence-corrected chi connectivity index (χ3v) is 4.92. The van der Waals surface area contributed by atoms with Crippen molar-refractivity contribution in [1.29, 1.82) is 0 Å². The van der Waals surface area contributed by atoms with E-state index in [1.165, 1.54) is 11.3 Å². The summed E-state index contributed by atoms with van der Waals surface area (Å²) in [5, 5.41) is 0.600. The number of thiophene rings is 1. The van der Waals surface area contributed by atoms with Crippen LogP contribution in [-0.2, 0) is 17.8 Å². The Bertz CT molecular complexity index is 929. The van der Waals surface area contributed by atoms with Crippen LogP contribution in [-0.4, -0.2) is 15.5 Å². The number of nitrogens with two attached hydrogens (primary N) is 1. The first-order chi connectivity index (χ1) is 11.6. The lowest BCUT2D eigenvalue weighted by Crippen LogP contribution is -2.27. The molecule has 3 rings (SSSR count). The molecule has 5 nitrogen and oxygen atoms in total. The van der Waals surface area contributed by atoms with E-state index in [1.807, 2.05) is 43.3 Å². The van der Waals surface area contributed by atoms with Gasteiger partial charge in [0.15, 0.2) is 0 Å². The van der Waals surface area contributed by atoms with E-state index >= 15 is 0 Å². The second kappa shape index (κ2) is 6.97. The van der Waals surface area contributed by atoms with Crippen LogP contribution in [0.5, 0.6) is 0 Å². The number of amides is 1. The topological polar surface area (TPSA) is 78.0 Å². The van der Waals surface area contributed by atoms with Crippen molar-refractivity contribution >= 4 is 27.5 Å². The van der Waals surface area contributed by atoms with Gasteiger partial charge in [-0.15, -0.1) is 11.3 Å². The lowest BCUT2D eigenvalue weighted by molar-refractivity contribution is -0.118. The van der Waals surface area contributed by atoms with Gasteiger partial charge in [0.25, 0.3) is 5.56 Å². The molecule has 0 aliphatic carbocycles. The predicted octanol–water partition coefficient (Wildman–Crippen LogP) is 2.95. The molecule has 124 valence electrons. The fourth-order valence-corrected chi connectivity index (χ4v) is 3.72. The van der Waals surface area contributed by atoms with Gasteiger partial charge in [-0.1, -0.05) is 37.3 Å². The molecule has 0 saturated carbocycles. The number of nitrogens with zero attached hydrogens (tertiary/aromatic N) is 2. The summed E-state index contributed by atoms with van der Waals surface area (Å²) in [6, 6.07) is 11.8. The zero-order valence-electron chi connectivity index (χ0n) is 13.5. The third-order valence-electron chi connectivity index (χ3n) is 3.84. The largest absolute Gasteiger partial charge is 0.370 e. The van der Waals surface area contributed by atoms with Gasteiger partial charge in [-0.2, -0.15) is 0 Å². The first kappa shape index (κ1) is 16.4. The maximum Gasteiger partial charge on any atom is 0.262 e. The van der Waals surface area contributed by atoms with Crippen molar-refractivity contribution in [3.05, 3.63) is 52.6 Å². The molecule has 3 aromatic rings. The van der Waals surface area contributed by atoms with Crippen molar-refractivity contribution in [2.45, 2.75) is 32.7 Å². The molecule has 0 bridgehead atoms. The van der Waals surface area contributed by atoms with Crippen molar-refractivity contribution in [2.24, 2.45) is 5.73 Å². The summed E-state index contributed by atoms with van der Waals surface area (Å²) in [6.07, 6.45) is 1.72. The van der Waals surface area contributed by atoms with E-state index in [9.17, 15) is 9.59 Å². The maximum atomic E-state index is 12.9. The van der Waals surface area contributed by atoms with Crippen LogP contribution in [0.15, 0.2) is 41.2 Å². The molecule has 0 fully saturated rings. The molecule has 2 aromatic heterocycles. The quantitative estimate of drug-likeness (QED) is 0.749. The van der Waals surface area contributed by atoms with Gasteiger partial charge in [0.05, 0.1) is 5.39 Å². The Balaban J connectivity index is 2.13. The van der Waals surface area contributed by atoms with Crippen LogP contribution in [0.1, 0.15) is 25.6 Å². The Morgan fingerprint density at radius 2 is 2.04 bits per heavy atom. The standard InChI is InChI=1S/C18H19N3O2S/c1-2-6-16-20-17-13(18(23)21(16)10-9-15(19)22)11-14(24-17)12-7-4-3-5-8-12/h3-5,7-8,11H,2,6,9-10H2,1H3,(H2,19,22). The summed E-state index contributed by atoms with van der Waals surface area (Å²) in [5.74, 6) is 0.303. The van der Waals surface area contributed by atoms with Crippen LogP contribution in [0.25, 0.3) is 20.7 Å². The fraction of sp³-hybridized carbons (Fsp3) is 0.278. The first-order valence-electron chi connectivity index (χ1n) is 7.97. The monoisotopic (exact) mass is 341 g/mol. The highest BCUT2D eigenvalue weighted by atomic mass is 32.1. The van der Waals surface area contributed by atoms with Gasteiger partial charge in [0, 0.05) is 24.3 Å². The molecule has 0 aliphatic rings. The predicted molar refractivity (Wildman–Crippen MR) is 97.1 cm³/mol. The van der Waals surface area contributed by atoms with E-state index in [4.69, 9.17) is 5.73 Å². The second-order valence-corrected chi connectivity index (χ2v) is 6.68. The van der Waals surface area contributed by atoms with Crippen molar-refractivity contribution in [2.75, 3.05) is 0 Å². The minimum atomic E-state index is -0.417. The van der Waals surface area contributed by atoms with Crippen molar-refractivity contribution < 1.29 is 4.79 Å². The molecule has 0 spiro atoms. The third kappa shape index (κ3) is 3.23. The Hall–Kier alpha value is -2.47. The van der Waals surface area contributed by atoms with Gasteiger partial charge in [0.1, 0.15) is 10.7 Å². The number of aryl methyl sites for hydroxylation is 1. The Morgan fingerprint density at radius 1 is 1.29 bits per heavy atom. The zero-order chi connectivity index (χ0) is 17.1. The molecule has 0 unspecified atom stereocenters. The maximum absolute atomic E-state index is 12.9. The van der Waals surface area contributed by atoms with Gasteiger partial charge in [-0.25, -0.2) is 4.98 Å². The Kier molecular flexibility index (Phi) is 4.76. The number of carbonyl (C=O) groups excluding carboxylic acids is 1. The lowest BCUT2D eigenvalue weighted by atomic mass is 10.2. The second-order valence-electron chi connectivity index (χ2n) is 5.65. The highest BCUT2D eigenvalue weighted by Gasteiger charge is 2.15. The lowest BCUT2D eigenvalue weighted by Gasteiger charge is -2.10. The van der Waals surface area contributed by atoms with Gasteiger partial charge in [0.2, 0.25) is 5.91 Å². The molecule has 24 heavy (non-hydrogen) atoms. The normalized spacial score (nSPS) is 11.0. The molecular weight excluding hydrogens is 322 g/mol. The first-order valence-corrected chi connectivity index (χ1v) is 8.78. The van der Waals surface area contributed by atoms with Crippen molar-refractivity contribution in [1.82, 2.24) is 9.55 Å². The summed E-state index contributed by atoms with van der Waals surface area (Å²) in [4.78, 5) is 30.4. The van der Waals surface area contributed by atoms with Crippen molar-refractivity contribution in [3.8, 4) is 10.4 Å². The molecule has 0 atom stereocenters. The number of hydrogen-bond donors (Lipinski definition) is 1. The van der Waals surface area contributed by atoms with E-state index in [2.05, 4.69) is 4.98 Å². The molecule has 0 radical (unpaired) electrons. The van der Waals surface area contributed by atoms with Crippen LogP contribution in [0.2, 0.25) is 0 Å². The summed E-state index contributed by atoms with van der Waals surface area (Å²) in [6.45, 7) is 2.32. The van der Waals surface area contributed by atoms with E-state index < -0.39 is 5.91 Å². The van der Waals surface area contributed by atoms with Crippen molar-refractivity contribution in [3.63, 3.8) is 0 Å². The number of primary amides is 1. The smallest absolute Gasteiger partial charge is 0.262 e. The molecule has 0 saturated heterocycles. The van der Waals surface area contributed by atoms with E-state index in [-0.39, 0.29) is 18.5 Å². The number of fused-ring (bicyclic) bond motifs is 1. The summed E-state index contributed by atoms with van der Waals surface area (Å²) in [7, 11) is 0. The molecular formula is C18H19N3O2S. The molecule has 2 heterocycles. The Labute approximate surface area is 143 Å². The van der Waals surface area contributed by atoms with Gasteiger partial charge in [-0.05, 0) is 18.1 Å². The average Bonchev–Trinajstić information content (AvgIpc) is 3.00. The van der Waals surface area contributed by atoms with Gasteiger partial charge >= 0.3 is 0 Å².